The SMILES string of the molecule is COc1ccc([C@@H](CNC(=O)c2cccc(S(=O)(=O)N3CCCC3)c2)N2CCCCC2)cc1. The molecule has 2 aliphatic heterocycles. The van der Waals surface area contributed by atoms with Crippen LogP contribution in [0.2, 0.25) is 0 Å². The van der Waals surface area contributed by atoms with Crippen LogP contribution in [0.5, 0.6) is 5.75 Å². The Morgan fingerprint density at radius 3 is 2.30 bits per heavy atom. The summed E-state index contributed by atoms with van der Waals surface area (Å²) in [5.41, 5.74) is 1.49. The number of methoxy groups -OCH3 is 1. The summed E-state index contributed by atoms with van der Waals surface area (Å²) in [6.45, 7) is 3.52. The predicted octanol–water partition coefficient (Wildman–Crippen LogP) is 3.44. The van der Waals surface area contributed by atoms with Crippen molar-refractivity contribution in [3.63, 3.8) is 0 Å². The van der Waals surface area contributed by atoms with E-state index in [1.54, 1.807) is 25.3 Å². The Hall–Kier alpha value is -2.42. The van der Waals surface area contributed by atoms with E-state index in [4.69, 9.17) is 4.74 Å². The molecule has 1 amide bonds. The van der Waals surface area contributed by atoms with Gasteiger partial charge in [0.15, 0.2) is 0 Å². The molecule has 0 aromatic heterocycles. The molecular formula is C25H33N3O4S. The van der Waals surface area contributed by atoms with E-state index in [1.807, 2.05) is 24.3 Å². The number of ether oxygens (including phenoxy) is 1. The van der Waals surface area contributed by atoms with Crippen molar-refractivity contribution >= 4 is 15.9 Å². The van der Waals surface area contributed by atoms with Crippen LogP contribution in [0.4, 0.5) is 0 Å². The fourth-order valence-corrected chi connectivity index (χ4v) is 6.24. The third-order valence-electron chi connectivity index (χ3n) is 6.59. The van der Waals surface area contributed by atoms with Crippen LogP contribution in [0.3, 0.4) is 0 Å². The number of benzene rings is 2. The van der Waals surface area contributed by atoms with Gasteiger partial charge in [-0.2, -0.15) is 4.31 Å². The molecule has 33 heavy (non-hydrogen) atoms. The molecule has 0 spiro atoms. The van der Waals surface area contributed by atoms with Crippen molar-refractivity contribution in [2.75, 3.05) is 39.8 Å². The molecule has 0 aliphatic carbocycles. The van der Waals surface area contributed by atoms with Gasteiger partial charge in [-0.1, -0.05) is 24.6 Å². The number of piperidine rings is 1. The largest absolute Gasteiger partial charge is 0.497 e. The van der Waals surface area contributed by atoms with E-state index in [-0.39, 0.29) is 16.8 Å². The molecule has 0 radical (unpaired) electrons. The average Bonchev–Trinajstić information content (AvgIpc) is 3.41. The molecule has 0 saturated carbocycles. The number of nitrogens with one attached hydrogen (secondary N) is 1. The molecule has 2 aromatic rings. The first-order valence-electron chi connectivity index (χ1n) is 11.8. The fraction of sp³-hybridized carbons (Fsp3) is 0.480. The zero-order valence-electron chi connectivity index (χ0n) is 19.2. The Morgan fingerprint density at radius 2 is 1.64 bits per heavy atom. The fourth-order valence-electron chi connectivity index (χ4n) is 4.68. The normalized spacial score (nSPS) is 18.7. The van der Waals surface area contributed by atoms with Crippen LogP contribution in [0, 0.1) is 0 Å². The highest BCUT2D eigenvalue weighted by Crippen LogP contribution is 2.26. The first-order chi connectivity index (χ1) is 16.0. The number of nitrogens with zero attached hydrogens (tertiary/aromatic N) is 2. The van der Waals surface area contributed by atoms with Gasteiger partial charge in [-0.15, -0.1) is 0 Å². The van der Waals surface area contributed by atoms with Crippen LogP contribution in [-0.4, -0.2) is 63.4 Å². The van der Waals surface area contributed by atoms with Crippen molar-refractivity contribution in [2.45, 2.75) is 43.0 Å². The highest BCUT2D eigenvalue weighted by Gasteiger charge is 2.28. The quantitative estimate of drug-likeness (QED) is 0.638. The standard InChI is InChI=1S/C25H33N3O4S/c1-32-22-12-10-20(11-13-22)24(27-14-3-2-4-15-27)19-26-25(29)21-8-7-9-23(18-21)33(30,31)28-16-5-6-17-28/h7-13,18,24H,2-6,14-17,19H2,1H3,(H,26,29)/t24-/m1/s1. The first-order valence-corrected chi connectivity index (χ1v) is 13.2. The number of rotatable bonds is 8. The molecule has 4 rings (SSSR count). The van der Waals surface area contributed by atoms with Gasteiger partial charge in [0.05, 0.1) is 18.0 Å². The third kappa shape index (κ3) is 5.57. The third-order valence-corrected chi connectivity index (χ3v) is 8.48. The minimum atomic E-state index is -3.56. The van der Waals surface area contributed by atoms with E-state index in [0.29, 0.717) is 25.2 Å². The lowest BCUT2D eigenvalue weighted by molar-refractivity contribution is 0.0924. The second-order valence-electron chi connectivity index (χ2n) is 8.73. The maximum Gasteiger partial charge on any atom is 0.251 e. The Morgan fingerprint density at radius 1 is 0.970 bits per heavy atom. The van der Waals surface area contributed by atoms with Crippen molar-refractivity contribution in [1.29, 1.82) is 0 Å². The smallest absolute Gasteiger partial charge is 0.251 e. The number of carbonyl (C=O) groups excluding carboxylic acids is 1. The lowest BCUT2D eigenvalue weighted by Crippen LogP contribution is -2.40. The Bertz CT molecular complexity index is 1040. The summed E-state index contributed by atoms with van der Waals surface area (Å²) in [7, 11) is -1.91. The molecule has 1 atom stereocenters. The number of hydrogen-bond donors (Lipinski definition) is 1. The molecule has 2 saturated heterocycles. The second-order valence-corrected chi connectivity index (χ2v) is 10.7. The van der Waals surface area contributed by atoms with Crippen molar-refractivity contribution in [2.24, 2.45) is 0 Å². The number of likely N-dealkylation sites (tertiary alicyclic amines) is 1. The molecule has 0 bridgehead atoms. The van der Waals surface area contributed by atoms with Crippen LogP contribution in [-0.2, 0) is 10.0 Å². The van der Waals surface area contributed by atoms with Crippen molar-refractivity contribution in [3.05, 3.63) is 59.7 Å². The van der Waals surface area contributed by atoms with Crippen LogP contribution in [0.25, 0.3) is 0 Å². The van der Waals surface area contributed by atoms with E-state index >= 15 is 0 Å². The van der Waals surface area contributed by atoms with Gasteiger partial charge >= 0.3 is 0 Å². The summed E-state index contributed by atoms with van der Waals surface area (Å²) in [5, 5.41) is 3.05. The summed E-state index contributed by atoms with van der Waals surface area (Å²) < 4.78 is 32.6. The zero-order chi connectivity index (χ0) is 23.3. The second kappa shape index (κ2) is 10.7. The molecule has 2 fully saturated rings. The number of amides is 1. The van der Waals surface area contributed by atoms with Gasteiger partial charge in [-0.3, -0.25) is 9.69 Å². The summed E-state index contributed by atoms with van der Waals surface area (Å²) in [6.07, 6.45) is 5.29. The van der Waals surface area contributed by atoms with E-state index in [9.17, 15) is 13.2 Å². The molecule has 0 unspecified atom stereocenters. The maximum atomic E-state index is 13.0. The minimum Gasteiger partial charge on any atom is -0.497 e. The Labute approximate surface area is 196 Å². The van der Waals surface area contributed by atoms with E-state index in [0.717, 1.165) is 50.1 Å². The highest BCUT2D eigenvalue weighted by molar-refractivity contribution is 7.89. The maximum absolute atomic E-state index is 13.0. The number of carbonyl (C=O) groups is 1. The summed E-state index contributed by atoms with van der Waals surface area (Å²) >= 11 is 0. The number of sulfonamides is 1. The minimum absolute atomic E-state index is 0.0525. The zero-order valence-corrected chi connectivity index (χ0v) is 20.0. The van der Waals surface area contributed by atoms with Gasteiger partial charge in [0.1, 0.15) is 5.75 Å². The van der Waals surface area contributed by atoms with E-state index < -0.39 is 10.0 Å². The van der Waals surface area contributed by atoms with E-state index in [1.165, 1.54) is 16.8 Å². The lowest BCUT2D eigenvalue weighted by Gasteiger charge is -2.35. The van der Waals surface area contributed by atoms with Crippen molar-refractivity contribution < 1.29 is 17.9 Å². The Balaban J connectivity index is 1.49. The molecule has 2 heterocycles. The van der Waals surface area contributed by atoms with Gasteiger partial charge in [0.2, 0.25) is 10.0 Å². The molecular weight excluding hydrogens is 438 g/mol. The van der Waals surface area contributed by atoms with Crippen LogP contribution in [0.15, 0.2) is 53.4 Å². The number of hydrogen-bond acceptors (Lipinski definition) is 5. The molecule has 2 aliphatic rings. The summed E-state index contributed by atoms with van der Waals surface area (Å²) in [6, 6.07) is 14.4. The molecule has 8 heteroatoms. The van der Waals surface area contributed by atoms with Crippen molar-refractivity contribution in [3.8, 4) is 5.75 Å². The average molecular weight is 472 g/mol. The molecule has 7 nitrogen and oxygen atoms in total. The predicted molar refractivity (Wildman–Crippen MR) is 128 cm³/mol. The van der Waals surface area contributed by atoms with Crippen LogP contribution >= 0.6 is 0 Å². The van der Waals surface area contributed by atoms with Crippen LogP contribution in [0.1, 0.15) is 54.1 Å². The van der Waals surface area contributed by atoms with Gasteiger partial charge in [-0.05, 0) is 74.7 Å². The van der Waals surface area contributed by atoms with Gasteiger partial charge in [0, 0.05) is 25.2 Å². The van der Waals surface area contributed by atoms with E-state index in [2.05, 4.69) is 10.2 Å². The first kappa shape index (κ1) is 23.7. The van der Waals surface area contributed by atoms with Gasteiger partial charge < -0.3 is 10.1 Å². The lowest BCUT2D eigenvalue weighted by atomic mass is 10.0. The van der Waals surface area contributed by atoms with Gasteiger partial charge in [-0.25, -0.2) is 8.42 Å². The topological polar surface area (TPSA) is 78.9 Å². The Kier molecular flexibility index (Phi) is 7.67. The van der Waals surface area contributed by atoms with Crippen molar-refractivity contribution in [1.82, 2.24) is 14.5 Å². The summed E-state index contributed by atoms with van der Waals surface area (Å²) in [4.78, 5) is 15.6. The van der Waals surface area contributed by atoms with Crippen LogP contribution < -0.4 is 10.1 Å². The molecule has 178 valence electrons. The highest BCUT2D eigenvalue weighted by atomic mass is 32.2. The molecule has 2 aromatic carbocycles. The molecule has 1 N–H and O–H groups in total. The van der Waals surface area contributed by atoms with Gasteiger partial charge in [0.25, 0.3) is 5.91 Å². The summed E-state index contributed by atoms with van der Waals surface area (Å²) in [5.74, 6) is 0.542. The monoisotopic (exact) mass is 471 g/mol.